The molecular weight excluding hydrogens is 176 g/mol. The van der Waals surface area contributed by atoms with Crippen LogP contribution in [-0.4, -0.2) is 0 Å². The van der Waals surface area contributed by atoms with Crippen molar-refractivity contribution in [2.75, 3.05) is 0 Å². The lowest BCUT2D eigenvalue weighted by Gasteiger charge is -2.23. The highest BCUT2D eigenvalue weighted by atomic mass is 14.5. The maximum absolute atomic E-state index is 8.89. The number of nitriles is 4. The molecule has 0 N–H and O–H groups in total. The van der Waals surface area contributed by atoms with Gasteiger partial charge in [0.05, 0.1) is 24.3 Å². The summed E-state index contributed by atoms with van der Waals surface area (Å²) in [6.07, 6.45) is 1.40. The Hall–Kier alpha value is -2.30. The van der Waals surface area contributed by atoms with Gasteiger partial charge in [0.15, 0.2) is 11.3 Å². The van der Waals surface area contributed by atoms with E-state index in [2.05, 4.69) is 6.58 Å². The molecule has 0 aliphatic rings. The second kappa shape index (κ2) is 4.66. The summed E-state index contributed by atoms with van der Waals surface area (Å²) in [4.78, 5) is 0. The Morgan fingerprint density at radius 3 is 1.79 bits per heavy atom. The number of hydrogen-bond donors (Lipinski definition) is 0. The van der Waals surface area contributed by atoms with Gasteiger partial charge in [-0.25, -0.2) is 0 Å². The van der Waals surface area contributed by atoms with E-state index in [4.69, 9.17) is 21.0 Å². The first-order valence-electron chi connectivity index (χ1n) is 3.87. The molecule has 14 heavy (non-hydrogen) atoms. The standard InChI is InChI=1S/C10H8N4/c1-3-8(2)10(6-13,7-14)9(4-11)5-12/h3,8-9H,1H2,2H3/t8-/m0/s1. The smallest absolute Gasteiger partial charge is 0.178 e. The van der Waals surface area contributed by atoms with Crippen molar-refractivity contribution in [3.8, 4) is 24.3 Å². The predicted molar refractivity (Wildman–Crippen MR) is 47.7 cm³/mol. The van der Waals surface area contributed by atoms with Gasteiger partial charge in [0, 0.05) is 5.92 Å². The lowest BCUT2D eigenvalue weighted by Crippen LogP contribution is -2.31. The summed E-state index contributed by atoms with van der Waals surface area (Å²) in [5, 5.41) is 35.1. The molecule has 1 atom stereocenters. The van der Waals surface area contributed by atoms with Crippen LogP contribution < -0.4 is 0 Å². The van der Waals surface area contributed by atoms with Gasteiger partial charge in [-0.1, -0.05) is 13.0 Å². The molecular formula is C10H8N4. The summed E-state index contributed by atoms with van der Waals surface area (Å²) in [6, 6.07) is 6.79. The van der Waals surface area contributed by atoms with Crippen LogP contribution in [0.4, 0.5) is 0 Å². The molecule has 4 nitrogen and oxygen atoms in total. The van der Waals surface area contributed by atoms with Crippen molar-refractivity contribution in [3.63, 3.8) is 0 Å². The van der Waals surface area contributed by atoms with Crippen molar-refractivity contribution < 1.29 is 0 Å². The van der Waals surface area contributed by atoms with Crippen LogP contribution in [0.5, 0.6) is 0 Å². The molecule has 0 aliphatic carbocycles. The molecule has 68 valence electrons. The molecule has 0 heterocycles. The Labute approximate surface area is 82.9 Å². The fraction of sp³-hybridized carbons (Fsp3) is 0.400. The van der Waals surface area contributed by atoms with Crippen LogP contribution in [0, 0.1) is 62.6 Å². The molecule has 0 aromatic carbocycles. The van der Waals surface area contributed by atoms with Crippen molar-refractivity contribution in [3.05, 3.63) is 12.7 Å². The van der Waals surface area contributed by atoms with E-state index in [0.717, 1.165) is 0 Å². The molecule has 4 heteroatoms. The van der Waals surface area contributed by atoms with Gasteiger partial charge in [-0.2, -0.15) is 21.0 Å². The monoisotopic (exact) mass is 184 g/mol. The summed E-state index contributed by atoms with van der Waals surface area (Å²) in [7, 11) is 0. The van der Waals surface area contributed by atoms with Crippen LogP contribution in [0.2, 0.25) is 0 Å². The minimum Gasteiger partial charge on any atom is -0.197 e. The van der Waals surface area contributed by atoms with Gasteiger partial charge < -0.3 is 0 Å². The lowest BCUT2D eigenvalue weighted by molar-refractivity contribution is 0.359. The van der Waals surface area contributed by atoms with Crippen molar-refractivity contribution >= 4 is 0 Å². The van der Waals surface area contributed by atoms with Gasteiger partial charge >= 0.3 is 0 Å². The number of allylic oxidation sites excluding steroid dienone is 1. The SMILES string of the molecule is C=C[C@H](C)C(C#N)(C#N)C(C#N)C#N. The Morgan fingerprint density at radius 1 is 1.14 bits per heavy atom. The second-order valence-corrected chi connectivity index (χ2v) is 2.81. The highest BCUT2D eigenvalue weighted by Gasteiger charge is 2.44. The van der Waals surface area contributed by atoms with Crippen molar-refractivity contribution in [1.29, 1.82) is 21.0 Å². The first kappa shape index (κ1) is 11.7. The molecule has 0 aromatic heterocycles. The van der Waals surface area contributed by atoms with Crippen LogP contribution >= 0.6 is 0 Å². The predicted octanol–water partition coefficient (Wildman–Crippen LogP) is 1.51. The van der Waals surface area contributed by atoms with E-state index < -0.39 is 17.3 Å². The van der Waals surface area contributed by atoms with Gasteiger partial charge in [-0.3, -0.25) is 0 Å². The molecule has 0 spiro atoms. The van der Waals surface area contributed by atoms with E-state index in [1.165, 1.54) is 6.08 Å². The van der Waals surface area contributed by atoms with Gasteiger partial charge in [-0.15, -0.1) is 6.58 Å². The summed E-state index contributed by atoms with van der Waals surface area (Å²) in [5.41, 5.74) is -1.62. The molecule has 0 radical (unpaired) electrons. The average molecular weight is 184 g/mol. The minimum absolute atomic E-state index is 0.526. The van der Waals surface area contributed by atoms with Crippen LogP contribution in [0.3, 0.4) is 0 Å². The number of nitrogens with zero attached hydrogens (tertiary/aromatic N) is 4. The number of hydrogen-bond acceptors (Lipinski definition) is 4. The number of rotatable bonds is 3. The molecule has 0 bridgehead atoms. The minimum atomic E-state index is -1.62. The van der Waals surface area contributed by atoms with Gasteiger partial charge in [0.2, 0.25) is 0 Å². The lowest BCUT2D eigenvalue weighted by atomic mass is 9.70. The highest BCUT2D eigenvalue weighted by molar-refractivity contribution is 5.29. The third-order valence-electron chi connectivity index (χ3n) is 2.16. The third-order valence-corrected chi connectivity index (χ3v) is 2.16. The molecule has 0 aromatic rings. The van der Waals surface area contributed by atoms with E-state index in [0.29, 0.717) is 0 Å². The van der Waals surface area contributed by atoms with Gasteiger partial charge in [-0.05, 0) is 0 Å². The molecule has 0 saturated heterocycles. The summed E-state index contributed by atoms with van der Waals surface area (Å²) >= 11 is 0. The maximum atomic E-state index is 8.89. The Bertz CT molecular complexity index is 354. The van der Waals surface area contributed by atoms with Crippen molar-refractivity contribution in [1.82, 2.24) is 0 Å². The highest BCUT2D eigenvalue weighted by Crippen LogP contribution is 2.35. The zero-order chi connectivity index (χ0) is 11.2. The second-order valence-electron chi connectivity index (χ2n) is 2.81. The maximum Gasteiger partial charge on any atom is 0.178 e. The first-order valence-corrected chi connectivity index (χ1v) is 3.87. The normalized spacial score (nSPS) is 11.6. The summed E-state index contributed by atoms with van der Waals surface area (Å²) in [5.74, 6) is -1.78. The van der Waals surface area contributed by atoms with Crippen LogP contribution in [0.15, 0.2) is 12.7 Å². The van der Waals surface area contributed by atoms with Crippen LogP contribution in [0.1, 0.15) is 6.92 Å². The van der Waals surface area contributed by atoms with E-state index in [1.54, 1.807) is 31.2 Å². The first-order chi connectivity index (χ1) is 6.62. The Balaban J connectivity index is 5.48. The molecule has 0 aliphatic heterocycles. The fourth-order valence-corrected chi connectivity index (χ4v) is 1.04. The quantitative estimate of drug-likeness (QED) is 0.621. The molecule has 0 rings (SSSR count). The largest absolute Gasteiger partial charge is 0.197 e. The average Bonchev–Trinajstić information content (AvgIpc) is 2.25. The summed E-state index contributed by atoms with van der Waals surface area (Å²) in [6.45, 7) is 5.04. The molecule has 0 fully saturated rings. The van der Waals surface area contributed by atoms with Gasteiger partial charge in [0.1, 0.15) is 0 Å². The molecule has 0 amide bonds. The van der Waals surface area contributed by atoms with Crippen molar-refractivity contribution in [2.24, 2.45) is 17.3 Å². The fourth-order valence-electron chi connectivity index (χ4n) is 1.04. The van der Waals surface area contributed by atoms with E-state index >= 15 is 0 Å². The van der Waals surface area contributed by atoms with E-state index in [9.17, 15) is 0 Å². The van der Waals surface area contributed by atoms with E-state index in [1.807, 2.05) is 0 Å². The molecule has 0 unspecified atom stereocenters. The molecule has 0 saturated carbocycles. The van der Waals surface area contributed by atoms with E-state index in [-0.39, 0.29) is 0 Å². The zero-order valence-electron chi connectivity index (χ0n) is 7.73. The summed E-state index contributed by atoms with van der Waals surface area (Å²) < 4.78 is 0. The van der Waals surface area contributed by atoms with Gasteiger partial charge in [0.25, 0.3) is 0 Å². The third kappa shape index (κ3) is 1.56. The van der Waals surface area contributed by atoms with Crippen molar-refractivity contribution in [2.45, 2.75) is 6.92 Å². The zero-order valence-corrected chi connectivity index (χ0v) is 7.73. The van der Waals surface area contributed by atoms with Crippen LogP contribution in [0.25, 0.3) is 0 Å². The Morgan fingerprint density at radius 2 is 1.57 bits per heavy atom. The Kier molecular flexibility index (Phi) is 3.89. The topological polar surface area (TPSA) is 95.2 Å². The van der Waals surface area contributed by atoms with Crippen LogP contribution in [-0.2, 0) is 0 Å².